The number of benzene rings is 2. The number of esters is 1. The zero-order chi connectivity index (χ0) is 18.6. The summed E-state index contributed by atoms with van der Waals surface area (Å²) >= 11 is 0. The van der Waals surface area contributed by atoms with Crippen molar-refractivity contribution < 1.29 is 19.1 Å². The fraction of sp³-hybridized carbons (Fsp3) is 0.300. The van der Waals surface area contributed by atoms with Crippen LogP contribution in [0.15, 0.2) is 36.4 Å². The first-order valence-corrected chi connectivity index (χ1v) is 8.06. The fourth-order valence-electron chi connectivity index (χ4n) is 2.50. The summed E-state index contributed by atoms with van der Waals surface area (Å²) in [7, 11) is 1.48. The van der Waals surface area contributed by atoms with E-state index in [9.17, 15) is 9.59 Å². The van der Waals surface area contributed by atoms with Gasteiger partial charge in [-0.15, -0.1) is 0 Å². The maximum Gasteiger partial charge on any atom is 0.342 e. The molecule has 0 aliphatic carbocycles. The largest absolute Gasteiger partial charge is 0.496 e. The van der Waals surface area contributed by atoms with Gasteiger partial charge in [0.2, 0.25) is 0 Å². The molecule has 25 heavy (non-hydrogen) atoms. The van der Waals surface area contributed by atoms with Gasteiger partial charge in [0.1, 0.15) is 11.3 Å². The van der Waals surface area contributed by atoms with Gasteiger partial charge in [0.15, 0.2) is 6.10 Å². The van der Waals surface area contributed by atoms with E-state index in [1.54, 1.807) is 19.1 Å². The number of rotatable bonds is 5. The minimum atomic E-state index is -0.934. The molecule has 1 atom stereocenters. The summed E-state index contributed by atoms with van der Waals surface area (Å²) in [4.78, 5) is 24.8. The second-order valence-corrected chi connectivity index (χ2v) is 6.01. The fourth-order valence-corrected chi connectivity index (χ4v) is 2.50. The maximum absolute atomic E-state index is 12.4. The Balaban J connectivity index is 2.11. The van der Waals surface area contributed by atoms with Gasteiger partial charge >= 0.3 is 5.97 Å². The van der Waals surface area contributed by atoms with Crippen LogP contribution in [-0.2, 0) is 9.53 Å². The molecule has 0 unspecified atom stereocenters. The molecular formula is C20H23NO4. The van der Waals surface area contributed by atoms with Gasteiger partial charge in [0.05, 0.1) is 7.11 Å². The average molecular weight is 341 g/mol. The molecule has 0 saturated heterocycles. The van der Waals surface area contributed by atoms with Crippen LogP contribution in [0, 0.1) is 20.8 Å². The number of anilines is 1. The van der Waals surface area contributed by atoms with Crippen molar-refractivity contribution in [1.29, 1.82) is 0 Å². The lowest BCUT2D eigenvalue weighted by atomic mass is 10.1. The Labute approximate surface area is 148 Å². The lowest BCUT2D eigenvalue weighted by molar-refractivity contribution is -0.123. The van der Waals surface area contributed by atoms with Crippen molar-refractivity contribution in [2.75, 3.05) is 12.4 Å². The van der Waals surface area contributed by atoms with Crippen LogP contribution in [0.4, 0.5) is 5.69 Å². The number of ether oxygens (including phenoxy) is 2. The Morgan fingerprint density at radius 3 is 2.28 bits per heavy atom. The van der Waals surface area contributed by atoms with Crippen LogP contribution in [0.25, 0.3) is 0 Å². The molecule has 132 valence electrons. The molecule has 2 aromatic carbocycles. The van der Waals surface area contributed by atoms with Crippen molar-refractivity contribution >= 4 is 17.6 Å². The molecule has 0 heterocycles. The van der Waals surface area contributed by atoms with Gasteiger partial charge in [0, 0.05) is 5.69 Å². The van der Waals surface area contributed by atoms with E-state index < -0.39 is 12.1 Å². The third kappa shape index (κ3) is 4.38. The molecule has 2 rings (SSSR count). The molecule has 0 radical (unpaired) electrons. The monoisotopic (exact) mass is 341 g/mol. The minimum absolute atomic E-state index is 0.300. The lowest BCUT2D eigenvalue weighted by Crippen LogP contribution is -2.30. The third-order valence-electron chi connectivity index (χ3n) is 3.96. The highest BCUT2D eigenvalue weighted by Gasteiger charge is 2.22. The Morgan fingerprint density at radius 1 is 1.04 bits per heavy atom. The standard InChI is InChI=1S/C20H23NO4/c1-12-9-10-17(24-5)16(11-12)20(23)25-15(4)19(22)21-18-13(2)7-6-8-14(18)3/h6-11,15H,1-5H3,(H,21,22)/t15-/m0/s1. The van der Waals surface area contributed by atoms with E-state index in [0.717, 1.165) is 22.4 Å². The van der Waals surface area contributed by atoms with Gasteiger partial charge in [-0.3, -0.25) is 4.79 Å². The average Bonchev–Trinajstić information content (AvgIpc) is 2.57. The number of amides is 1. The first-order valence-electron chi connectivity index (χ1n) is 8.06. The van der Waals surface area contributed by atoms with Crippen LogP contribution in [0.1, 0.15) is 34.0 Å². The second kappa shape index (κ2) is 7.83. The van der Waals surface area contributed by atoms with Gasteiger partial charge in [0.25, 0.3) is 5.91 Å². The van der Waals surface area contributed by atoms with Crippen molar-refractivity contribution in [3.8, 4) is 5.75 Å². The lowest BCUT2D eigenvalue weighted by Gasteiger charge is -2.17. The number of methoxy groups -OCH3 is 1. The predicted octanol–water partition coefficient (Wildman–Crippen LogP) is 3.80. The number of carbonyl (C=O) groups excluding carboxylic acids is 2. The second-order valence-electron chi connectivity index (χ2n) is 6.01. The first-order chi connectivity index (χ1) is 11.8. The molecule has 0 fully saturated rings. The SMILES string of the molecule is COc1ccc(C)cc1C(=O)O[C@@H](C)C(=O)Nc1c(C)cccc1C. The van der Waals surface area contributed by atoms with E-state index in [0.29, 0.717) is 11.3 Å². The molecule has 0 aliphatic rings. The van der Waals surface area contributed by atoms with Gasteiger partial charge in [-0.2, -0.15) is 0 Å². The molecule has 0 saturated carbocycles. The normalized spacial score (nSPS) is 11.6. The van der Waals surface area contributed by atoms with Crippen molar-refractivity contribution in [3.63, 3.8) is 0 Å². The van der Waals surface area contributed by atoms with Crippen molar-refractivity contribution in [3.05, 3.63) is 58.7 Å². The van der Waals surface area contributed by atoms with Crippen LogP contribution in [0.5, 0.6) is 5.75 Å². The van der Waals surface area contributed by atoms with Crippen LogP contribution >= 0.6 is 0 Å². The van der Waals surface area contributed by atoms with E-state index >= 15 is 0 Å². The van der Waals surface area contributed by atoms with Gasteiger partial charge in [-0.05, 0) is 51.0 Å². The quantitative estimate of drug-likeness (QED) is 0.840. The molecule has 0 aliphatic heterocycles. The Kier molecular flexibility index (Phi) is 5.80. The predicted molar refractivity (Wildman–Crippen MR) is 97.2 cm³/mol. The third-order valence-corrected chi connectivity index (χ3v) is 3.96. The molecule has 5 heteroatoms. The molecule has 2 aromatic rings. The topological polar surface area (TPSA) is 64.6 Å². The minimum Gasteiger partial charge on any atom is -0.496 e. The highest BCUT2D eigenvalue weighted by atomic mass is 16.5. The van der Waals surface area contributed by atoms with E-state index in [1.807, 2.05) is 45.0 Å². The van der Waals surface area contributed by atoms with Gasteiger partial charge in [-0.25, -0.2) is 4.79 Å². The van der Waals surface area contributed by atoms with E-state index in [1.165, 1.54) is 7.11 Å². The van der Waals surface area contributed by atoms with Crippen LogP contribution < -0.4 is 10.1 Å². The number of hydrogen-bond acceptors (Lipinski definition) is 4. The number of para-hydroxylation sites is 1. The molecular weight excluding hydrogens is 318 g/mol. The maximum atomic E-state index is 12.4. The highest BCUT2D eigenvalue weighted by molar-refractivity contribution is 5.99. The Hall–Kier alpha value is -2.82. The molecule has 5 nitrogen and oxygen atoms in total. The zero-order valence-electron chi connectivity index (χ0n) is 15.2. The van der Waals surface area contributed by atoms with E-state index in [2.05, 4.69) is 5.32 Å². The summed E-state index contributed by atoms with van der Waals surface area (Å²) in [6, 6.07) is 11.0. The number of aryl methyl sites for hydroxylation is 3. The van der Waals surface area contributed by atoms with Crippen LogP contribution in [-0.4, -0.2) is 25.1 Å². The Bertz CT molecular complexity index is 778. The summed E-state index contributed by atoms with van der Waals surface area (Å²) in [6.45, 7) is 7.24. The van der Waals surface area contributed by atoms with Crippen molar-refractivity contribution in [2.45, 2.75) is 33.8 Å². The smallest absolute Gasteiger partial charge is 0.342 e. The summed E-state index contributed by atoms with van der Waals surface area (Å²) < 4.78 is 10.5. The van der Waals surface area contributed by atoms with Gasteiger partial charge in [-0.1, -0.05) is 29.8 Å². The first kappa shape index (κ1) is 18.5. The number of nitrogens with one attached hydrogen (secondary N) is 1. The summed E-state index contributed by atoms with van der Waals surface area (Å²) in [6.07, 6.45) is -0.934. The van der Waals surface area contributed by atoms with Crippen LogP contribution in [0.2, 0.25) is 0 Å². The number of carbonyl (C=O) groups is 2. The molecule has 0 bridgehead atoms. The van der Waals surface area contributed by atoms with Gasteiger partial charge < -0.3 is 14.8 Å². The summed E-state index contributed by atoms with van der Waals surface area (Å²) in [5, 5.41) is 2.83. The van der Waals surface area contributed by atoms with Crippen molar-refractivity contribution in [1.82, 2.24) is 0 Å². The molecule has 1 amide bonds. The van der Waals surface area contributed by atoms with E-state index in [-0.39, 0.29) is 5.91 Å². The van der Waals surface area contributed by atoms with Crippen LogP contribution in [0.3, 0.4) is 0 Å². The molecule has 0 spiro atoms. The summed E-state index contributed by atoms with van der Waals surface area (Å²) in [5.41, 5.74) is 3.85. The van der Waals surface area contributed by atoms with Crippen molar-refractivity contribution in [2.24, 2.45) is 0 Å². The zero-order valence-corrected chi connectivity index (χ0v) is 15.2. The number of hydrogen-bond donors (Lipinski definition) is 1. The van der Waals surface area contributed by atoms with E-state index in [4.69, 9.17) is 9.47 Å². The summed E-state index contributed by atoms with van der Waals surface area (Å²) in [5.74, 6) is -0.556. The Morgan fingerprint density at radius 2 is 1.68 bits per heavy atom. The molecule has 0 aromatic heterocycles. The molecule has 1 N–H and O–H groups in total. The highest BCUT2D eigenvalue weighted by Crippen LogP contribution is 2.22.